The zero-order valence-corrected chi connectivity index (χ0v) is 13.1. The number of hydrogen-bond acceptors (Lipinski definition) is 1. The molecule has 3 heteroatoms. The predicted octanol–water partition coefficient (Wildman–Crippen LogP) is 5.74. The van der Waals surface area contributed by atoms with Gasteiger partial charge in [0.05, 0.1) is 16.4 Å². The van der Waals surface area contributed by atoms with Gasteiger partial charge in [0.15, 0.2) is 0 Å². The molecule has 0 spiro atoms. The first-order valence-electron chi connectivity index (χ1n) is 7.45. The van der Waals surface area contributed by atoms with Crippen molar-refractivity contribution in [3.63, 3.8) is 0 Å². The molecule has 0 saturated carbocycles. The lowest BCUT2D eigenvalue weighted by atomic mass is 9.98. The summed E-state index contributed by atoms with van der Waals surface area (Å²) in [5.41, 5.74) is 12.1. The topological polar surface area (TPSA) is 41.8 Å². The minimum Gasteiger partial charge on any atom is -0.397 e. The zero-order valence-electron chi connectivity index (χ0n) is 12.4. The van der Waals surface area contributed by atoms with E-state index in [4.69, 9.17) is 17.3 Å². The number of aromatic nitrogens is 1. The summed E-state index contributed by atoms with van der Waals surface area (Å²) in [4.78, 5) is 3.51. The third kappa shape index (κ3) is 2.37. The Labute approximate surface area is 139 Å². The van der Waals surface area contributed by atoms with E-state index < -0.39 is 0 Å². The fraction of sp³-hybridized carbons (Fsp3) is 0. The lowest BCUT2D eigenvalue weighted by Crippen LogP contribution is -1.85. The highest BCUT2D eigenvalue weighted by molar-refractivity contribution is 6.34. The Kier molecular flexibility index (Phi) is 3.32. The number of halogens is 1. The third-order valence-electron chi connectivity index (χ3n) is 4.04. The first kappa shape index (κ1) is 13.9. The van der Waals surface area contributed by atoms with Gasteiger partial charge >= 0.3 is 0 Å². The average Bonchev–Trinajstić information content (AvgIpc) is 2.95. The monoisotopic (exact) mass is 318 g/mol. The number of nitrogens with one attached hydrogen (secondary N) is 1. The summed E-state index contributed by atoms with van der Waals surface area (Å²) in [6, 6.07) is 24.5. The minimum absolute atomic E-state index is 0.577. The van der Waals surface area contributed by atoms with E-state index in [0.29, 0.717) is 10.7 Å². The van der Waals surface area contributed by atoms with E-state index in [2.05, 4.69) is 29.2 Å². The molecule has 0 unspecified atom stereocenters. The number of aromatic amines is 1. The van der Waals surface area contributed by atoms with Gasteiger partial charge in [-0.15, -0.1) is 0 Å². The van der Waals surface area contributed by atoms with Crippen molar-refractivity contribution in [3.05, 3.63) is 77.8 Å². The van der Waals surface area contributed by atoms with Crippen molar-refractivity contribution in [2.24, 2.45) is 0 Å². The van der Waals surface area contributed by atoms with E-state index in [1.165, 1.54) is 0 Å². The molecule has 23 heavy (non-hydrogen) atoms. The van der Waals surface area contributed by atoms with Crippen LogP contribution in [-0.2, 0) is 0 Å². The van der Waals surface area contributed by atoms with Crippen molar-refractivity contribution >= 4 is 28.2 Å². The minimum atomic E-state index is 0.577. The molecule has 0 aliphatic heterocycles. The molecule has 0 amide bonds. The summed E-state index contributed by atoms with van der Waals surface area (Å²) < 4.78 is 0. The molecule has 3 N–H and O–H groups in total. The van der Waals surface area contributed by atoms with Crippen LogP contribution in [0.2, 0.25) is 5.02 Å². The van der Waals surface area contributed by atoms with Gasteiger partial charge < -0.3 is 10.7 Å². The van der Waals surface area contributed by atoms with E-state index >= 15 is 0 Å². The Hall–Kier alpha value is -2.71. The van der Waals surface area contributed by atoms with Gasteiger partial charge in [-0.2, -0.15) is 0 Å². The highest BCUT2D eigenvalue weighted by Gasteiger charge is 2.16. The molecule has 0 aliphatic carbocycles. The van der Waals surface area contributed by atoms with Gasteiger partial charge in [-0.3, -0.25) is 0 Å². The van der Waals surface area contributed by atoms with Gasteiger partial charge in [-0.25, -0.2) is 0 Å². The second kappa shape index (κ2) is 5.49. The number of rotatable bonds is 2. The quantitative estimate of drug-likeness (QED) is 0.455. The molecule has 0 aliphatic rings. The van der Waals surface area contributed by atoms with Crippen molar-refractivity contribution in [1.82, 2.24) is 4.98 Å². The maximum absolute atomic E-state index is 6.26. The molecule has 4 rings (SSSR count). The molecule has 112 valence electrons. The SMILES string of the molecule is Nc1cc2[nH]c(-c3ccccc3)c(-c3ccccc3)c2cc1Cl. The van der Waals surface area contributed by atoms with E-state index in [9.17, 15) is 0 Å². The largest absolute Gasteiger partial charge is 0.397 e. The summed E-state index contributed by atoms with van der Waals surface area (Å²) in [6.45, 7) is 0. The summed E-state index contributed by atoms with van der Waals surface area (Å²) >= 11 is 6.26. The van der Waals surface area contributed by atoms with Crippen LogP contribution in [0.25, 0.3) is 33.3 Å². The highest BCUT2D eigenvalue weighted by atomic mass is 35.5. The molecule has 2 nitrogen and oxygen atoms in total. The van der Waals surface area contributed by atoms with Crippen molar-refractivity contribution in [2.45, 2.75) is 0 Å². The molecule has 0 radical (unpaired) electrons. The molecular formula is C20H15ClN2. The zero-order chi connectivity index (χ0) is 15.8. The smallest absolute Gasteiger partial charge is 0.0643 e. The Bertz CT molecular complexity index is 973. The Morgan fingerprint density at radius 3 is 2.04 bits per heavy atom. The Balaban J connectivity index is 2.09. The molecule has 0 fully saturated rings. The molecule has 0 saturated heterocycles. The standard InChI is InChI=1S/C20H15ClN2/c21-16-11-15-18(12-17(16)22)23-20(14-9-5-2-6-10-14)19(15)13-7-3-1-4-8-13/h1-12,23H,22H2. The van der Waals surface area contributed by atoms with Crippen LogP contribution < -0.4 is 5.73 Å². The van der Waals surface area contributed by atoms with Crippen LogP contribution in [0.1, 0.15) is 0 Å². The van der Waals surface area contributed by atoms with E-state index in [1.807, 2.05) is 48.5 Å². The predicted molar refractivity (Wildman–Crippen MR) is 98.6 cm³/mol. The van der Waals surface area contributed by atoms with Crippen LogP contribution in [0.5, 0.6) is 0 Å². The van der Waals surface area contributed by atoms with Crippen LogP contribution in [0.3, 0.4) is 0 Å². The highest BCUT2D eigenvalue weighted by Crippen LogP contribution is 2.40. The number of benzene rings is 3. The fourth-order valence-electron chi connectivity index (χ4n) is 2.96. The summed E-state index contributed by atoms with van der Waals surface area (Å²) in [5, 5.41) is 1.66. The first-order valence-corrected chi connectivity index (χ1v) is 7.83. The second-order valence-corrected chi connectivity index (χ2v) is 5.93. The van der Waals surface area contributed by atoms with Gasteiger partial charge in [-0.1, -0.05) is 72.3 Å². The second-order valence-electron chi connectivity index (χ2n) is 5.53. The Morgan fingerprint density at radius 2 is 1.39 bits per heavy atom. The van der Waals surface area contributed by atoms with Crippen LogP contribution >= 0.6 is 11.6 Å². The van der Waals surface area contributed by atoms with Gasteiger partial charge in [0.25, 0.3) is 0 Å². The lowest BCUT2D eigenvalue weighted by Gasteiger charge is -2.06. The lowest BCUT2D eigenvalue weighted by molar-refractivity contribution is 1.45. The van der Waals surface area contributed by atoms with Crippen LogP contribution in [0, 0.1) is 0 Å². The molecule has 4 aromatic rings. The fourth-order valence-corrected chi connectivity index (χ4v) is 3.12. The van der Waals surface area contributed by atoms with E-state index in [1.54, 1.807) is 0 Å². The number of H-pyrrole nitrogens is 1. The van der Waals surface area contributed by atoms with Gasteiger partial charge in [-0.05, 0) is 23.3 Å². The number of fused-ring (bicyclic) bond motifs is 1. The molecular weight excluding hydrogens is 304 g/mol. The van der Waals surface area contributed by atoms with Gasteiger partial charge in [0.1, 0.15) is 0 Å². The average molecular weight is 319 g/mol. The number of hydrogen-bond donors (Lipinski definition) is 2. The normalized spacial score (nSPS) is 11.0. The van der Waals surface area contributed by atoms with Gasteiger partial charge in [0, 0.05) is 16.5 Å². The van der Waals surface area contributed by atoms with Crippen molar-refractivity contribution in [1.29, 1.82) is 0 Å². The molecule has 0 bridgehead atoms. The molecule has 1 heterocycles. The van der Waals surface area contributed by atoms with Crippen LogP contribution in [0.15, 0.2) is 72.8 Å². The number of nitrogens with two attached hydrogens (primary N) is 1. The summed E-state index contributed by atoms with van der Waals surface area (Å²) in [7, 11) is 0. The number of anilines is 1. The van der Waals surface area contributed by atoms with Crippen LogP contribution in [0.4, 0.5) is 5.69 Å². The van der Waals surface area contributed by atoms with Crippen LogP contribution in [-0.4, -0.2) is 4.98 Å². The first-order chi connectivity index (χ1) is 11.2. The molecule has 1 aromatic heterocycles. The third-order valence-corrected chi connectivity index (χ3v) is 4.37. The van der Waals surface area contributed by atoms with Crippen molar-refractivity contribution in [2.75, 3.05) is 5.73 Å². The summed E-state index contributed by atoms with van der Waals surface area (Å²) in [5.74, 6) is 0. The van der Waals surface area contributed by atoms with Gasteiger partial charge in [0.2, 0.25) is 0 Å². The van der Waals surface area contributed by atoms with E-state index in [-0.39, 0.29) is 0 Å². The Morgan fingerprint density at radius 1 is 0.783 bits per heavy atom. The van der Waals surface area contributed by atoms with Crippen molar-refractivity contribution < 1.29 is 0 Å². The summed E-state index contributed by atoms with van der Waals surface area (Å²) in [6.07, 6.45) is 0. The number of nitrogen functional groups attached to an aromatic ring is 1. The maximum Gasteiger partial charge on any atom is 0.0643 e. The van der Waals surface area contributed by atoms with Crippen molar-refractivity contribution in [3.8, 4) is 22.4 Å². The molecule has 3 aromatic carbocycles. The van der Waals surface area contributed by atoms with E-state index in [0.717, 1.165) is 33.3 Å². The molecule has 0 atom stereocenters. The maximum atomic E-state index is 6.26.